The lowest BCUT2D eigenvalue weighted by Crippen LogP contribution is -2.44. The molecule has 0 aromatic carbocycles. The highest BCUT2D eigenvalue weighted by atomic mass is 79.9. The molecule has 0 bridgehead atoms. The standard InChI is InChI=1S/C8H9Br2Cl3O3S/c9-7(12)2-1-5(8(10,13)4-7)6(3-11)17(14,15)16/h1-2,5-6H,3-4H2,(H,14,15,16). The molecule has 17 heavy (non-hydrogen) atoms. The maximum Gasteiger partial charge on any atom is 0.269 e. The fourth-order valence-corrected chi connectivity index (χ4v) is 6.40. The SMILES string of the molecule is O=S(=O)(O)C(CCl)C1C=CC(Cl)(Br)CC1(Cl)Br. The van der Waals surface area contributed by atoms with E-state index < -0.39 is 28.9 Å². The first-order valence-corrected chi connectivity index (χ1v) is 8.85. The van der Waals surface area contributed by atoms with Crippen molar-refractivity contribution >= 4 is 76.8 Å². The Hall–Kier alpha value is 1.48. The third kappa shape index (κ3) is 4.23. The molecule has 0 saturated heterocycles. The summed E-state index contributed by atoms with van der Waals surface area (Å²) < 4.78 is 29.6. The first-order valence-electron chi connectivity index (χ1n) is 4.47. The van der Waals surface area contributed by atoms with Gasteiger partial charge in [0.1, 0.15) is 12.8 Å². The van der Waals surface area contributed by atoms with Crippen LogP contribution in [-0.2, 0) is 10.1 Å². The Kier molecular flexibility index (Phi) is 5.31. The smallest absolute Gasteiger partial charge is 0.269 e. The molecule has 0 saturated carbocycles. The van der Waals surface area contributed by atoms with E-state index in [1.165, 1.54) is 6.08 Å². The molecule has 0 amide bonds. The highest BCUT2D eigenvalue weighted by Gasteiger charge is 2.49. The van der Waals surface area contributed by atoms with Crippen LogP contribution >= 0.6 is 66.7 Å². The van der Waals surface area contributed by atoms with Crippen molar-refractivity contribution in [3.63, 3.8) is 0 Å². The number of rotatable bonds is 3. The molecular formula is C8H9Br2Cl3O3S. The Morgan fingerprint density at radius 1 is 1.47 bits per heavy atom. The zero-order chi connectivity index (χ0) is 13.5. The van der Waals surface area contributed by atoms with Crippen molar-refractivity contribution in [2.75, 3.05) is 5.88 Å². The van der Waals surface area contributed by atoms with Gasteiger partial charge in [-0.1, -0.05) is 44.0 Å². The lowest BCUT2D eigenvalue weighted by atomic mass is 9.92. The molecule has 9 heteroatoms. The Bertz CT molecular complexity index is 422. The average molecular weight is 451 g/mol. The van der Waals surface area contributed by atoms with Gasteiger partial charge in [0.15, 0.2) is 0 Å². The lowest BCUT2D eigenvalue weighted by Gasteiger charge is -2.38. The van der Waals surface area contributed by atoms with Gasteiger partial charge < -0.3 is 0 Å². The van der Waals surface area contributed by atoms with E-state index in [9.17, 15) is 8.42 Å². The molecular weight excluding hydrogens is 442 g/mol. The molecule has 0 heterocycles. The molecule has 1 aliphatic carbocycles. The Morgan fingerprint density at radius 3 is 2.35 bits per heavy atom. The van der Waals surface area contributed by atoms with Gasteiger partial charge in [0.05, 0.1) is 0 Å². The molecule has 0 radical (unpaired) electrons. The molecule has 0 spiro atoms. The van der Waals surface area contributed by atoms with Crippen LogP contribution in [0.1, 0.15) is 6.42 Å². The number of hydrogen-bond acceptors (Lipinski definition) is 2. The van der Waals surface area contributed by atoms with Crippen molar-refractivity contribution in [3.8, 4) is 0 Å². The topological polar surface area (TPSA) is 54.4 Å². The molecule has 0 aromatic heterocycles. The second-order valence-corrected chi connectivity index (χ2v) is 10.8. The summed E-state index contributed by atoms with van der Waals surface area (Å²) in [6, 6.07) is 0. The molecule has 100 valence electrons. The summed E-state index contributed by atoms with van der Waals surface area (Å²) in [5.74, 6) is -0.938. The number of hydrogen-bond donors (Lipinski definition) is 1. The Morgan fingerprint density at radius 2 is 2.00 bits per heavy atom. The molecule has 1 N–H and O–H groups in total. The van der Waals surface area contributed by atoms with Gasteiger partial charge in [0.2, 0.25) is 0 Å². The first-order chi connectivity index (χ1) is 7.49. The average Bonchev–Trinajstić information content (AvgIpc) is 2.05. The summed E-state index contributed by atoms with van der Waals surface area (Å²) in [5.41, 5.74) is 0. The van der Waals surface area contributed by atoms with Gasteiger partial charge in [-0.3, -0.25) is 4.55 Å². The minimum Gasteiger partial charge on any atom is -0.285 e. The molecule has 4 unspecified atom stereocenters. The van der Waals surface area contributed by atoms with Crippen molar-refractivity contribution in [2.24, 2.45) is 5.92 Å². The monoisotopic (exact) mass is 448 g/mol. The molecule has 0 aromatic rings. The van der Waals surface area contributed by atoms with E-state index in [2.05, 4.69) is 31.9 Å². The van der Waals surface area contributed by atoms with Crippen LogP contribution < -0.4 is 0 Å². The van der Waals surface area contributed by atoms with Gasteiger partial charge in [-0.15, -0.1) is 34.8 Å². The van der Waals surface area contributed by atoms with Crippen molar-refractivity contribution in [3.05, 3.63) is 12.2 Å². The van der Waals surface area contributed by atoms with Crippen molar-refractivity contribution in [1.29, 1.82) is 0 Å². The van der Waals surface area contributed by atoms with Gasteiger partial charge in [-0.05, 0) is 0 Å². The van der Waals surface area contributed by atoms with Crippen molar-refractivity contribution in [1.82, 2.24) is 0 Å². The summed E-state index contributed by atoms with van der Waals surface area (Å²) in [6.07, 6.45) is 3.35. The highest BCUT2D eigenvalue weighted by Crippen LogP contribution is 2.51. The zero-order valence-corrected chi connectivity index (χ0v) is 14.5. The van der Waals surface area contributed by atoms with Gasteiger partial charge >= 0.3 is 0 Å². The fraction of sp³-hybridized carbons (Fsp3) is 0.750. The predicted octanol–water partition coefficient (Wildman–Crippen LogP) is 3.72. The van der Waals surface area contributed by atoms with Gasteiger partial charge in [-0.25, -0.2) is 0 Å². The molecule has 3 nitrogen and oxygen atoms in total. The van der Waals surface area contributed by atoms with E-state index in [0.29, 0.717) is 0 Å². The van der Waals surface area contributed by atoms with Crippen LogP contribution in [0.3, 0.4) is 0 Å². The largest absolute Gasteiger partial charge is 0.285 e. The summed E-state index contributed by atoms with van der Waals surface area (Å²) in [6.45, 7) is 0. The number of allylic oxidation sites excluding steroid dienone is 2. The Balaban J connectivity index is 3.14. The lowest BCUT2D eigenvalue weighted by molar-refractivity contribution is 0.431. The minimum absolute atomic E-state index is 0.229. The van der Waals surface area contributed by atoms with E-state index in [1.807, 2.05) is 0 Å². The zero-order valence-electron chi connectivity index (χ0n) is 8.29. The third-order valence-electron chi connectivity index (χ3n) is 2.44. The normalized spacial score (nSPS) is 40.2. The summed E-state index contributed by atoms with van der Waals surface area (Å²) in [7, 11) is -4.28. The molecule has 4 atom stereocenters. The second kappa shape index (κ2) is 5.46. The van der Waals surface area contributed by atoms with Gasteiger partial charge in [0, 0.05) is 18.2 Å². The summed E-state index contributed by atoms with van der Waals surface area (Å²) in [5, 5.41) is -1.18. The van der Waals surface area contributed by atoms with Gasteiger partial charge in [0.25, 0.3) is 10.1 Å². The number of halogens is 5. The summed E-state index contributed by atoms with van der Waals surface area (Å²) >= 11 is 24.3. The first kappa shape index (κ1) is 16.5. The predicted molar refractivity (Wildman–Crippen MR) is 78.3 cm³/mol. The maximum atomic E-state index is 11.2. The van der Waals surface area contributed by atoms with Crippen LogP contribution in [0.15, 0.2) is 12.2 Å². The van der Waals surface area contributed by atoms with Crippen LogP contribution in [0.2, 0.25) is 0 Å². The van der Waals surface area contributed by atoms with Crippen molar-refractivity contribution < 1.29 is 13.0 Å². The number of alkyl halides is 5. The van der Waals surface area contributed by atoms with E-state index in [4.69, 9.17) is 39.4 Å². The summed E-state index contributed by atoms with van der Waals surface area (Å²) in [4.78, 5) is 0. The molecule has 1 rings (SSSR count). The Labute approximate surface area is 132 Å². The van der Waals surface area contributed by atoms with E-state index in [-0.39, 0.29) is 12.3 Å². The van der Waals surface area contributed by atoms with E-state index in [0.717, 1.165) is 0 Å². The molecule has 1 aliphatic rings. The fourth-order valence-electron chi connectivity index (χ4n) is 1.63. The highest BCUT2D eigenvalue weighted by molar-refractivity contribution is 9.11. The molecule has 0 aliphatic heterocycles. The van der Waals surface area contributed by atoms with Crippen LogP contribution in [0.25, 0.3) is 0 Å². The van der Waals surface area contributed by atoms with Gasteiger partial charge in [-0.2, -0.15) is 8.42 Å². The second-order valence-electron chi connectivity index (χ2n) is 3.79. The van der Waals surface area contributed by atoms with E-state index in [1.54, 1.807) is 6.08 Å². The maximum absolute atomic E-state index is 11.2. The van der Waals surface area contributed by atoms with Crippen molar-refractivity contribution in [2.45, 2.75) is 19.2 Å². The molecule has 0 fully saturated rings. The van der Waals surface area contributed by atoms with Crippen LogP contribution in [-0.4, -0.2) is 31.7 Å². The minimum atomic E-state index is -4.28. The quantitative estimate of drug-likeness (QED) is 0.404. The van der Waals surface area contributed by atoms with Crippen LogP contribution in [0.4, 0.5) is 0 Å². The van der Waals surface area contributed by atoms with Crippen LogP contribution in [0, 0.1) is 5.92 Å². The van der Waals surface area contributed by atoms with Crippen LogP contribution in [0.5, 0.6) is 0 Å². The third-order valence-corrected chi connectivity index (χ3v) is 6.18. The van der Waals surface area contributed by atoms with E-state index >= 15 is 0 Å².